The van der Waals surface area contributed by atoms with Crippen LogP contribution in [-0.4, -0.2) is 58.9 Å². The fourth-order valence-corrected chi connectivity index (χ4v) is 3.12. The fourth-order valence-electron chi connectivity index (χ4n) is 3.12. The summed E-state index contributed by atoms with van der Waals surface area (Å²) in [5.74, 6) is 2.22. The summed E-state index contributed by atoms with van der Waals surface area (Å²) in [6, 6.07) is 5.61. The maximum absolute atomic E-state index is 12.4. The third-order valence-corrected chi connectivity index (χ3v) is 4.77. The molecule has 8 heteroatoms. The number of aromatic nitrogens is 3. The number of hydrogen-bond donors (Lipinski definition) is 2. The van der Waals surface area contributed by atoms with E-state index in [0.717, 1.165) is 18.9 Å². The van der Waals surface area contributed by atoms with Crippen LogP contribution in [0.4, 0.5) is 16.3 Å². The van der Waals surface area contributed by atoms with Gasteiger partial charge in [-0.1, -0.05) is 0 Å². The van der Waals surface area contributed by atoms with Crippen LogP contribution < -0.4 is 15.0 Å². The Labute approximate surface area is 152 Å². The quantitative estimate of drug-likeness (QED) is 0.859. The smallest absolute Gasteiger partial charge is 0.322 e. The minimum atomic E-state index is -0.101. The van der Waals surface area contributed by atoms with E-state index in [-0.39, 0.29) is 6.03 Å². The number of urea groups is 1. The number of nitrogens with zero attached hydrogens (tertiary/aromatic N) is 4. The van der Waals surface area contributed by atoms with Gasteiger partial charge in [-0.15, -0.1) is 0 Å². The highest BCUT2D eigenvalue weighted by atomic mass is 16.5. The van der Waals surface area contributed by atoms with Crippen LogP contribution >= 0.6 is 0 Å². The second-order valence-corrected chi connectivity index (χ2v) is 6.68. The van der Waals surface area contributed by atoms with E-state index < -0.39 is 0 Å². The van der Waals surface area contributed by atoms with Crippen molar-refractivity contribution >= 4 is 17.5 Å². The van der Waals surface area contributed by atoms with Gasteiger partial charge in [-0.3, -0.25) is 5.10 Å². The number of carbonyl (C=O) groups excluding carboxylic acids is 1. The van der Waals surface area contributed by atoms with Crippen LogP contribution in [0.1, 0.15) is 31.4 Å². The van der Waals surface area contributed by atoms with Crippen molar-refractivity contribution in [3.63, 3.8) is 0 Å². The zero-order valence-corrected chi connectivity index (χ0v) is 14.9. The predicted octanol–water partition coefficient (Wildman–Crippen LogP) is 2.43. The molecule has 2 aliphatic rings. The Morgan fingerprint density at radius 1 is 1.31 bits per heavy atom. The van der Waals surface area contributed by atoms with Gasteiger partial charge >= 0.3 is 6.03 Å². The molecule has 2 N–H and O–H groups in total. The average Bonchev–Trinajstić information content (AvgIpc) is 3.40. The van der Waals surface area contributed by atoms with Crippen molar-refractivity contribution in [2.24, 2.45) is 0 Å². The van der Waals surface area contributed by atoms with E-state index in [0.29, 0.717) is 37.2 Å². The zero-order chi connectivity index (χ0) is 17.9. The number of piperazine rings is 1. The number of pyridine rings is 1. The van der Waals surface area contributed by atoms with Crippen molar-refractivity contribution in [3.05, 3.63) is 30.1 Å². The predicted molar refractivity (Wildman–Crippen MR) is 98.8 cm³/mol. The molecule has 2 aromatic rings. The molecule has 138 valence electrons. The Morgan fingerprint density at radius 3 is 2.77 bits per heavy atom. The molecule has 0 spiro atoms. The van der Waals surface area contributed by atoms with Crippen molar-refractivity contribution in [2.75, 3.05) is 43.0 Å². The van der Waals surface area contributed by atoms with Crippen LogP contribution in [0.3, 0.4) is 0 Å². The lowest BCUT2D eigenvalue weighted by Gasteiger charge is -2.34. The number of hydrogen-bond acceptors (Lipinski definition) is 5. The van der Waals surface area contributed by atoms with Crippen molar-refractivity contribution in [1.82, 2.24) is 20.1 Å². The van der Waals surface area contributed by atoms with Gasteiger partial charge in [-0.25, -0.2) is 9.78 Å². The van der Waals surface area contributed by atoms with Crippen LogP contribution in [0.15, 0.2) is 24.4 Å². The standard InChI is InChI=1S/C18H24N6O2/c1-2-26-17-6-5-14(12-19-17)20-18(25)24-9-7-23(8-10-24)16-11-15(21-22-16)13-3-4-13/h5-6,11-13H,2-4,7-10H2,1H3,(H,20,25)(H,21,22). The second kappa shape index (κ2) is 7.23. The van der Waals surface area contributed by atoms with Crippen molar-refractivity contribution in [2.45, 2.75) is 25.7 Å². The van der Waals surface area contributed by atoms with E-state index in [9.17, 15) is 4.79 Å². The molecule has 2 fully saturated rings. The summed E-state index contributed by atoms with van der Waals surface area (Å²) in [5.41, 5.74) is 1.91. The molecule has 0 bridgehead atoms. The number of nitrogens with one attached hydrogen (secondary N) is 2. The van der Waals surface area contributed by atoms with Crippen LogP contribution in [0.2, 0.25) is 0 Å². The highest BCUT2D eigenvalue weighted by molar-refractivity contribution is 5.89. The second-order valence-electron chi connectivity index (χ2n) is 6.68. The minimum Gasteiger partial charge on any atom is -0.478 e. The van der Waals surface area contributed by atoms with Gasteiger partial charge in [0.05, 0.1) is 18.5 Å². The van der Waals surface area contributed by atoms with Gasteiger partial charge in [-0.05, 0) is 25.8 Å². The summed E-state index contributed by atoms with van der Waals surface area (Å²) in [5, 5.41) is 10.5. The van der Waals surface area contributed by atoms with Crippen molar-refractivity contribution in [1.29, 1.82) is 0 Å². The highest BCUT2D eigenvalue weighted by Gasteiger charge is 2.27. The topological polar surface area (TPSA) is 86.4 Å². The summed E-state index contributed by atoms with van der Waals surface area (Å²) in [4.78, 5) is 20.7. The Bertz CT molecular complexity index is 747. The molecule has 2 aromatic heterocycles. The monoisotopic (exact) mass is 356 g/mol. The van der Waals surface area contributed by atoms with Crippen LogP contribution in [0.5, 0.6) is 5.88 Å². The number of carbonyl (C=O) groups is 1. The third kappa shape index (κ3) is 3.74. The Kier molecular flexibility index (Phi) is 4.64. The molecule has 0 unspecified atom stereocenters. The fraction of sp³-hybridized carbons (Fsp3) is 0.500. The normalized spacial score (nSPS) is 17.3. The van der Waals surface area contributed by atoms with Gasteiger partial charge in [0.15, 0.2) is 5.82 Å². The molecule has 3 heterocycles. The number of H-pyrrole nitrogens is 1. The van der Waals surface area contributed by atoms with E-state index in [1.165, 1.54) is 18.5 Å². The van der Waals surface area contributed by atoms with E-state index in [1.54, 1.807) is 18.3 Å². The first-order chi connectivity index (χ1) is 12.7. The molecular weight excluding hydrogens is 332 g/mol. The molecule has 1 saturated heterocycles. The summed E-state index contributed by atoms with van der Waals surface area (Å²) in [6.45, 7) is 5.38. The summed E-state index contributed by atoms with van der Waals surface area (Å²) < 4.78 is 5.31. The van der Waals surface area contributed by atoms with Gasteiger partial charge in [0.25, 0.3) is 0 Å². The maximum Gasteiger partial charge on any atom is 0.322 e. The van der Waals surface area contributed by atoms with Gasteiger partial charge in [0.1, 0.15) is 0 Å². The first-order valence-electron chi connectivity index (χ1n) is 9.18. The number of anilines is 2. The molecule has 2 amide bonds. The first-order valence-corrected chi connectivity index (χ1v) is 9.18. The molecular formula is C18H24N6O2. The lowest BCUT2D eigenvalue weighted by Crippen LogP contribution is -2.50. The lowest BCUT2D eigenvalue weighted by molar-refractivity contribution is 0.208. The first kappa shape index (κ1) is 16.7. The van der Waals surface area contributed by atoms with E-state index in [1.807, 2.05) is 11.8 Å². The van der Waals surface area contributed by atoms with Gasteiger partial charge in [0, 0.05) is 49.9 Å². The van der Waals surface area contributed by atoms with Gasteiger partial charge < -0.3 is 19.9 Å². The largest absolute Gasteiger partial charge is 0.478 e. The van der Waals surface area contributed by atoms with Gasteiger partial charge in [-0.2, -0.15) is 5.10 Å². The minimum absolute atomic E-state index is 0.101. The Hall–Kier alpha value is -2.77. The van der Waals surface area contributed by atoms with E-state index in [2.05, 4.69) is 31.5 Å². The summed E-state index contributed by atoms with van der Waals surface area (Å²) in [6.07, 6.45) is 4.13. The number of rotatable bonds is 5. The SMILES string of the molecule is CCOc1ccc(NC(=O)N2CCN(c3cc(C4CC4)[nH]n3)CC2)cn1. The zero-order valence-electron chi connectivity index (χ0n) is 14.9. The lowest BCUT2D eigenvalue weighted by atomic mass is 10.2. The summed E-state index contributed by atoms with van der Waals surface area (Å²) >= 11 is 0. The molecule has 1 aliphatic carbocycles. The molecule has 0 radical (unpaired) electrons. The highest BCUT2D eigenvalue weighted by Crippen LogP contribution is 2.39. The third-order valence-electron chi connectivity index (χ3n) is 4.77. The van der Waals surface area contributed by atoms with Gasteiger partial charge in [0.2, 0.25) is 5.88 Å². The van der Waals surface area contributed by atoms with Crippen LogP contribution in [-0.2, 0) is 0 Å². The number of aromatic amines is 1. The maximum atomic E-state index is 12.4. The van der Waals surface area contributed by atoms with Crippen molar-refractivity contribution < 1.29 is 9.53 Å². The molecule has 0 aromatic carbocycles. The molecule has 26 heavy (non-hydrogen) atoms. The Balaban J connectivity index is 1.28. The number of ether oxygens (including phenoxy) is 1. The van der Waals surface area contributed by atoms with E-state index >= 15 is 0 Å². The van der Waals surface area contributed by atoms with E-state index in [4.69, 9.17) is 4.74 Å². The molecule has 4 rings (SSSR count). The number of amides is 2. The molecule has 1 saturated carbocycles. The molecule has 0 atom stereocenters. The molecule has 8 nitrogen and oxygen atoms in total. The summed E-state index contributed by atoms with van der Waals surface area (Å²) in [7, 11) is 0. The van der Waals surface area contributed by atoms with Crippen LogP contribution in [0, 0.1) is 0 Å². The van der Waals surface area contributed by atoms with Crippen molar-refractivity contribution in [3.8, 4) is 5.88 Å². The van der Waals surface area contributed by atoms with Crippen LogP contribution in [0.25, 0.3) is 0 Å². The Morgan fingerprint density at radius 2 is 2.12 bits per heavy atom. The molecule has 1 aliphatic heterocycles. The average molecular weight is 356 g/mol.